The Morgan fingerprint density at radius 2 is 1.82 bits per heavy atom. The number of hydrogen-bond donors (Lipinski definition) is 1. The number of amides is 2. The number of hydrogen-bond acceptors (Lipinski definition) is 6. The summed E-state index contributed by atoms with van der Waals surface area (Å²) in [7, 11) is 1.31. The fourth-order valence-corrected chi connectivity index (χ4v) is 3.72. The van der Waals surface area contributed by atoms with E-state index in [1.165, 1.54) is 7.11 Å². The van der Waals surface area contributed by atoms with E-state index in [0.29, 0.717) is 16.0 Å². The molecule has 8 heteroatoms. The predicted molar refractivity (Wildman–Crippen MR) is 111 cm³/mol. The molecule has 0 aliphatic carbocycles. The van der Waals surface area contributed by atoms with Crippen molar-refractivity contribution in [1.82, 2.24) is 10.4 Å². The third kappa shape index (κ3) is 4.13. The third-order valence-electron chi connectivity index (χ3n) is 4.03. The maximum atomic E-state index is 12.7. The van der Waals surface area contributed by atoms with Crippen molar-refractivity contribution in [2.75, 3.05) is 7.11 Å². The zero-order valence-corrected chi connectivity index (χ0v) is 16.7. The Kier molecular flexibility index (Phi) is 5.91. The van der Waals surface area contributed by atoms with Crippen LogP contribution in [0.5, 0.6) is 0 Å². The molecule has 0 bridgehead atoms. The number of methoxy groups -OCH3 is 1. The minimum atomic E-state index is -0.434. The van der Waals surface area contributed by atoms with Gasteiger partial charge in [0, 0.05) is 5.56 Å². The molecule has 1 aliphatic rings. The van der Waals surface area contributed by atoms with Gasteiger partial charge in [0.1, 0.15) is 0 Å². The van der Waals surface area contributed by atoms with Crippen molar-refractivity contribution < 1.29 is 19.1 Å². The first-order valence-electron chi connectivity index (χ1n) is 8.23. The lowest BCUT2D eigenvalue weighted by Crippen LogP contribution is -2.45. The number of nitrogens with one attached hydrogen (secondary N) is 1. The summed E-state index contributed by atoms with van der Waals surface area (Å²) in [6, 6.07) is 13.7. The smallest absolute Gasteiger partial charge is 0.337 e. The lowest BCUT2D eigenvalue weighted by molar-refractivity contribution is -0.123. The van der Waals surface area contributed by atoms with Crippen molar-refractivity contribution in [3.63, 3.8) is 0 Å². The van der Waals surface area contributed by atoms with E-state index in [2.05, 4.69) is 10.2 Å². The van der Waals surface area contributed by atoms with Crippen LogP contribution in [0.4, 0.5) is 0 Å². The molecule has 0 atom stereocenters. The number of rotatable bonds is 4. The molecule has 0 aromatic heterocycles. The van der Waals surface area contributed by atoms with Crippen LogP contribution in [0.1, 0.15) is 31.8 Å². The number of aryl methyl sites for hydroxylation is 1. The van der Waals surface area contributed by atoms with Crippen LogP contribution in [0.15, 0.2) is 53.4 Å². The second-order valence-electron chi connectivity index (χ2n) is 5.89. The van der Waals surface area contributed by atoms with E-state index < -0.39 is 17.8 Å². The first-order valence-corrected chi connectivity index (χ1v) is 9.46. The molecule has 1 saturated heterocycles. The number of ether oxygens (including phenoxy) is 1. The molecule has 3 rings (SSSR count). The van der Waals surface area contributed by atoms with Crippen molar-refractivity contribution in [2.45, 2.75) is 6.92 Å². The summed E-state index contributed by atoms with van der Waals surface area (Å²) in [6.07, 6.45) is 1.65. The van der Waals surface area contributed by atoms with Gasteiger partial charge in [-0.05, 0) is 54.5 Å². The van der Waals surface area contributed by atoms with Crippen LogP contribution < -0.4 is 5.43 Å². The second kappa shape index (κ2) is 8.37. The molecule has 142 valence electrons. The van der Waals surface area contributed by atoms with Gasteiger partial charge in [0.05, 0.1) is 17.6 Å². The molecule has 1 fully saturated rings. The number of benzene rings is 2. The number of thioether (sulfide) groups is 1. The Bertz CT molecular complexity index is 1000. The number of nitrogens with zero attached hydrogens (tertiary/aromatic N) is 1. The number of hydrazine groups is 1. The van der Waals surface area contributed by atoms with Crippen LogP contribution in [0.2, 0.25) is 0 Å². The van der Waals surface area contributed by atoms with Gasteiger partial charge in [-0.1, -0.05) is 42.1 Å². The lowest BCUT2D eigenvalue weighted by atomic mass is 10.1. The van der Waals surface area contributed by atoms with Gasteiger partial charge < -0.3 is 4.74 Å². The molecule has 0 unspecified atom stereocenters. The van der Waals surface area contributed by atoms with Gasteiger partial charge in [0.2, 0.25) is 0 Å². The fourth-order valence-electron chi connectivity index (χ4n) is 2.54. The first-order chi connectivity index (χ1) is 13.4. The van der Waals surface area contributed by atoms with Gasteiger partial charge in [-0.25, -0.2) is 4.79 Å². The summed E-state index contributed by atoms with van der Waals surface area (Å²) in [5.74, 6) is -1.25. The van der Waals surface area contributed by atoms with Crippen LogP contribution in [-0.4, -0.2) is 34.2 Å². The Labute approximate surface area is 171 Å². The molecule has 28 heavy (non-hydrogen) atoms. The van der Waals surface area contributed by atoms with E-state index >= 15 is 0 Å². The summed E-state index contributed by atoms with van der Waals surface area (Å²) in [4.78, 5) is 37.0. The highest BCUT2D eigenvalue weighted by Gasteiger charge is 2.33. The maximum Gasteiger partial charge on any atom is 0.337 e. The first kappa shape index (κ1) is 19.8. The Hall–Kier alpha value is -2.97. The minimum absolute atomic E-state index is 0.240. The Balaban J connectivity index is 1.76. The standard InChI is InChI=1S/C20H16N2O4S2/c1-12-5-3-4-6-15(12)17(23)21-22-18(24)16(28-20(22)27)11-13-7-9-14(10-8-13)19(25)26-2/h3-11H,1-2H3,(H,21,23)/b16-11-. The number of carbonyl (C=O) groups is 3. The van der Waals surface area contributed by atoms with Crippen LogP contribution in [0, 0.1) is 6.92 Å². The quantitative estimate of drug-likeness (QED) is 0.472. The molecule has 2 aromatic rings. The lowest BCUT2D eigenvalue weighted by Gasteiger charge is -2.16. The van der Waals surface area contributed by atoms with Gasteiger partial charge in [-0.15, -0.1) is 0 Å². The van der Waals surface area contributed by atoms with E-state index in [-0.39, 0.29) is 4.32 Å². The van der Waals surface area contributed by atoms with Gasteiger partial charge >= 0.3 is 5.97 Å². The van der Waals surface area contributed by atoms with Crippen molar-refractivity contribution in [3.05, 3.63) is 75.7 Å². The molecule has 0 spiro atoms. The Morgan fingerprint density at radius 1 is 1.14 bits per heavy atom. The number of carbonyl (C=O) groups excluding carboxylic acids is 3. The van der Waals surface area contributed by atoms with Gasteiger partial charge in [-0.3, -0.25) is 15.0 Å². The summed E-state index contributed by atoms with van der Waals surface area (Å²) in [6.45, 7) is 1.82. The highest BCUT2D eigenvalue weighted by Crippen LogP contribution is 2.31. The average Bonchev–Trinajstić information content (AvgIpc) is 2.95. The van der Waals surface area contributed by atoms with Gasteiger partial charge in [0.15, 0.2) is 4.32 Å². The average molecular weight is 412 g/mol. The number of esters is 1. The molecule has 0 radical (unpaired) electrons. The SMILES string of the molecule is COC(=O)c1ccc(/C=C2\SC(=S)N(NC(=O)c3ccccc3C)C2=O)cc1. The van der Waals surface area contributed by atoms with E-state index in [9.17, 15) is 14.4 Å². The molecular weight excluding hydrogens is 396 g/mol. The van der Waals surface area contributed by atoms with Crippen LogP contribution in [-0.2, 0) is 9.53 Å². The molecule has 6 nitrogen and oxygen atoms in total. The summed E-state index contributed by atoms with van der Waals surface area (Å²) in [5, 5.41) is 1.07. The molecular formula is C20H16N2O4S2. The molecule has 1 N–H and O–H groups in total. The minimum Gasteiger partial charge on any atom is -0.465 e. The van der Waals surface area contributed by atoms with Crippen molar-refractivity contribution >= 4 is 52.2 Å². The molecule has 0 saturated carbocycles. The van der Waals surface area contributed by atoms with Gasteiger partial charge in [0.25, 0.3) is 11.8 Å². The van der Waals surface area contributed by atoms with Crippen molar-refractivity contribution in [3.8, 4) is 0 Å². The Morgan fingerprint density at radius 3 is 2.46 bits per heavy atom. The summed E-state index contributed by atoms with van der Waals surface area (Å²) >= 11 is 6.33. The highest BCUT2D eigenvalue weighted by atomic mass is 32.2. The van der Waals surface area contributed by atoms with E-state index in [4.69, 9.17) is 12.2 Å². The van der Waals surface area contributed by atoms with E-state index in [1.807, 2.05) is 19.1 Å². The second-order valence-corrected chi connectivity index (χ2v) is 7.56. The summed E-state index contributed by atoms with van der Waals surface area (Å²) in [5.41, 5.74) is 4.97. The highest BCUT2D eigenvalue weighted by molar-refractivity contribution is 8.26. The normalized spacial score (nSPS) is 15.1. The fraction of sp³-hybridized carbons (Fsp3) is 0.100. The predicted octanol–water partition coefficient (Wildman–Crippen LogP) is 3.33. The van der Waals surface area contributed by atoms with Gasteiger partial charge in [-0.2, -0.15) is 5.01 Å². The molecule has 2 aromatic carbocycles. The monoisotopic (exact) mass is 412 g/mol. The topological polar surface area (TPSA) is 75.7 Å². The van der Waals surface area contributed by atoms with Crippen LogP contribution in [0.3, 0.4) is 0 Å². The zero-order valence-electron chi connectivity index (χ0n) is 15.1. The van der Waals surface area contributed by atoms with Crippen LogP contribution >= 0.6 is 24.0 Å². The number of thiocarbonyl (C=S) groups is 1. The zero-order chi connectivity index (χ0) is 20.3. The third-order valence-corrected chi connectivity index (χ3v) is 5.33. The van der Waals surface area contributed by atoms with E-state index in [1.54, 1.807) is 42.5 Å². The van der Waals surface area contributed by atoms with E-state index in [0.717, 1.165) is 27.9 Å². The largest absolute Gasteiger partial charge is 0.465 e. The van der Waals surface area contributed by atoms with Crippen molar-refractivity contribution in [1.29, 1.82) is 0 Å². The maximum absolute atomic E-state index is 12.7. The molecule has 2 amide bonds. The van der Waals surface area contributed by atoms with Crippen molar-refractivity contribution in [2.24, 2.45) is 0 Å². The van der Waals surface area contributed by atoms with Crippen LogP contribution in [0.25, 0.3) is 6.08 Å². The molecule has 1 aliphatic heterocycles. The summed E-state index contributed by atoms with van der Waals surface area (Å²) < 4.78 is 4.90. The molecule has 1 heterocycles.